The summed E-state index contributed by atoms with van der Waals surface area (Å²) in [6.07, 6.45) is 4.47. The molecule has 2 N–H and O–H groups in total. The molecule has 1 heterocycles. The Hall–Kier alpha value is -1.36. The number of aromatic nitrogens is 2. The molecule has 5 nitrogen and oxygen atoms in total. The van der Waals surface area contributed by atoms with Crippen LogP contribution in [0.1, 0.15) is 55.7 Å². The van der Waals surface area contributed by atoms with Crippen molar-refractivity contribution in [2.75, 3.05) is 6.54 Å². The van der Waals surface area contributed by atoms with Crippen molar-refractivity contribution in [3.05, 3.63) is 17.5 Å². The number of hydrogen-bond donors (Lipinski definition) is 2. The largest absolute Gasteiger partial charge is 0.393 e. The van der Waals surface area contributed by atoms with Gasteiger partial charge in [-0.25, -0.2) is 0 Å². The van der Waals surface area contributed by atoms with Crippen molar-refractivity contribution >= 4 is 5.91 Å². The van der Waals surface area contributed by atoms with E-state index < -0.39 is 0 Å². The zero-order valence-corrected chi connectivity index (χ0v) is 12.4. The molecule has 1 aromatic heterocycles. The minimum atomic E-state index is -0.196. The standard InChI is InChI=1S/C15H25N3O2/c1-3-12-9-14(18(4-2)17-12)15(20)16-10-11-6-5-7-13(19)8-11/h9,11,13,19H,3-8,10H2,1-2H3,(H,16,20). The van der Waals surface area contributed by atoms with Crippen LogP contribution >= 0.6 is 0 Å². The van der Waals surface area contributed by atoms with Gasteiger partial charge in [0, 0.05) is 13.1 Å². The SMILES string of the molecule is CCc1cc(C(=O)NCC2CCCC(O)C2)n(CC)n1. The first-order valence-corrected chi connectivity index (χ1v) is 7.67. The zero-order valence-electron chi connectivity index (χ0n) is 12.4. The number of aliphatic hydroxyl groups excluding tert-OH is 1. The summed E-state index contributed by atoms with van der Waals surface area (Å²) in [7, 11) is 0. The van der Waals surface area contributed by atoms with Gasteiger partial charge in [0.1, 0.15) is 5.69 Å². The lowest BCUT2D eigenvalue weighted by Crippen LogP contribution is -2.34. The Morgan fingerprint density at radius 1 is 1.50 bits per heavy atom. The molecule has 0 bridgehead atoms. The lowest BCUT2D eigenvalue weighted by molar-refractivity contribution is 0.0866. The Morgan fingerprint density at radius 2 is 2.30 bits per heavy atom. The van der Waals surface area contributed by atoms with E-state index in [0.29, 0.717) is 24.7 Å². The van der Waals surface area contributed by atoms with E-state index in [4.69, 9.17) is 0 Å². The molecule has 0 radical (unpaired) electrons. The number of hydrogen-bond acceptors (Lipinski definition) is 3. The van der Waals surface area contributed by atoms with Crippen LogP contribution in [0.4, 0.5) is 0 Å². The van der Waals surface area contributed by atoms with Crippen molar-refractivity contribution in [3.63, 3.8) is 0 Å². The Kier molecular flexibility index (Phi) is 5.17. The Balaban J connectivity index is 1.92. The summed E-state index contributed by atoms with van der Waals surface area (Å²) < 4.78 is 1.75. The second kappa shape index (κ2) is 6.88. The van der Waals surface area contributed by atoms with Gasteiger partial charge in [-0.2, -0.15) is 5.10 Å². The lowest BCUT2D eigenvalue weighted by atomic mass is 9.87. The maximum Gasteiger partial charge on any atom is 0.269 e. The monoisotopic (exact) mass is 279 g/mol. The van der Waals surface area contributed by atoms with Crippen LogP contribution in [0.3, 0.4) is 0 Å². The molecular weight excluding hydrogens is 254 g/mol. The smallest absolute Gasteiger partial charge is 0.269 e. The Morgan fingerprint density at radius 3 is 2.95 bits per heavy atom. The molecule has 1 aromatic rings. The summed E-state index contributed by atoms with van der Waals surface area (Å²) >= 11 is 0. The molecular formula is C15H25N3O2. The van der Waals surface area contributed by atoms with Crippen LogP contribution in [0, 0.1) is 5.92 Å². The number of nitrogens with one attached hydrogen (secondary N) is 1. The maximum atomic E-state index is 12.2. The third-order valence-corrected chi connectivity index (χ3v) is 4.03. The minimum Gasteiger partial charge on any atom is -0.393 e. The van der Waals surface area contributed by atoms with Gasteiger partial charge in [0.2, 0.25) is 0 Å². The molecule has 2 unspecified atom stereocenters. The van der Waals surface area contributed by atoms with E-state index in [1.165, 1.54) is 0 Å². The molecule has 0 aromatic carbocycles. The van der Waals surface area contributed by atoms with Crippen LogP contribution in [0.5, 0.6) is 0 Å². The highest BCUT2D eigenvalue weighted by Crippen LogP contribution is 2.23. The van der Waals surface area contributed by atoms with Gasteiger partial charge in [-0.15, -0.1) is 0 Å². The first kappa shape index (κ1) is 15.0. The third-order valence-electron chi connectivity index (χ3n) is 4.03. The van der Waals surface area contributed by atoms with Crippen LogP contribution in [-0.2, 0) is 13.0 Å². The molecule has 20 heavy (non-hydrogen) atoms. The van der Waals surface area contributed by atoms with E-state index in [0.717, 1.165) is 37.8 Å². The summed E-state index contributed by atoms with van der Waals surface area (Å²) in [5.74, 6) is 0.338. The van der Waals surface area contributed by atoms with Crippen LogP contribution in [0.15, 0.2) is 6.07 Å². The molecule has 0 spiro atoms. The average molecular weight is 279 g/mol. The summed E-state index contributed by atoms with van der Waals surface area (Å²) in [6.45, 7) is 5.37. The summed E-state index contributed by atoms with van der Waals surface area (Å²) in [5, 5.41) is 17.0. The van der Waals surface area contributed by atoms with Crippen molar-refractivity contribution in [1.82, 2.24) is 15.1 Å². The fourth-order valence-corrected chi connectivity index (χ4v) is 2.84. The third kappa shape index (κ3) is 3.60. The number of amides is 1. The van der Waals surface area contributed by atoms with Crippen molar-refractivity contribution < 1.29 is 9.90 Å². The second-order valence-electron chi connectivity index (χ2n) is 5.59. The second-order valence-corrected chi connectivity index (χ2v) is 5.59. The molecule has 1 amide bonds. The lowest BCUT2D eigenvalue weighted by Gasteiger charge is -2.25. The van der Waals surface area contributed by atoms with Gasteiger partial charge in [-0.05, 0) is 44.6 Å². The topological polar surface area (TPSA) is 67.2 Å². The fourth-order valence-electron chi connectivity index (χ4n) is 2.84. The molecule has 1 aliphatic carbocycles. The first-order valence-electron chi connectivity index (χ1n) is 7.67. The van der Waals surface area contributed by atoms with Gasteiger partial charge in [-0.3, -0.25) is 9.48 Å². The molecule has 5 heteroatoms. The van der Waals surface area contributed by atoms with Crippen molar-refractivity contribution in [2.45, 2.75) is 58.6 Å². The molecule has 2 rings (SSSR count). The van der Waals surface area contributed by atoms with Crippen LogP contribution in [0.2, 0.25) is 0 Å². The van der Waals surface area contributed by atoms with Crippen molar-refractivity contribution in [3.8, 4) is 0 Å². The summed E-state index contributed by atoms with van der Waals surface area (Å²) in [4.78, 5) is 12.2. The van der Waals surface area contributed by atoms with Gasteiger partial charge in [0.25, 0.3) is 5.91 Å². The molecule has 112 valence electrons. The van der Waals surface area contributed by atoms with E-state index in [2.05, 4.69) is 10.4 Å². The predicted molar refractivity (Wildman–Crippen MR) is 77.6 cm³/mol. The van der Waals surface area contributed by atoms with Gasteiger partial charge >= 0.3 is 0 Å². The fraction of sp³-hybridized carbons (Fsp3) is 0.733. The van der Waals surface area contributed by atoms with Crippen LogP contribution in [0.25, 0.3) is 0 Å². The molecule has 1 aliphatic rings. The van der Waals surface area contributed by atoms with E-state index in [9.17, 15) is 9.90 Å². The van der Waals surface area contributed by atoms with Crippen LogP contribution in [-0.4, -0.2) is 33.4 Å². The zero-order chi connectivity index (χ0) is 14.5. The highest BCUT2D eigenvalue weighted by molar-refractivity contribution is 5.92. The minimum absolute atomic E-state index is 0.0564. The van der Waals surface area contributed by atoms with E-state index in [-0.39, 0.29) is 12.0 Å². The maximum absolute atomic E-state index is 12.2. The number of carbonyl (C=O) groups excluding carboxylic acids is 1. The van der Waals surface area contributed by atoms with Crippen molar-refractivity contribution in [1.29, 1.82) is 0 Å². The number of rotatable bonds is 5. The normalized spacial score (nSPS) is 22.8. The summed E-state index contributed by atoms with van der Waals surface area (Å²) in [6, 6.07) is 1.87. The van der Waals surface area contributed by atoms with Crippen molar-refractivity contribution in [2.24, 2.45) is 5.92 Å². The molecule has 1 fully saturated rings. The van der Waals surface area contributed by atoms with Gasteiger partial charge in [0.05, 0.1) is 11.8 Å². The first-order chi connectivity index (χ1) is 9.63. The highest BCUT2D eigenvalue weighted by atomic mass is 16.3. The molecule has 0 saturated heterocycles. The molecule has 0 aliphatic heterocycles. The molecule has 1 saturated carbocycles. The summed E-state index contributed by atoms with van der Waals surface area (Å²) in [5.41, 5.74) is 1.59. The number of nitrogens with zero attached hydrogens (tertiary/aromatic N) is 2. The average Bonchev–Trinajstić information content (AvgIpc) is 2.88. The van der Waals surface area contributed by atoms with Gasteiger partial charge < -0.3 is 10.4 Å². The predicted octanol–water partition coefficient (Wildman–Crippen LogP) is 1.75. The van der Waals surface area contributed by atoms with E-state index in [1.807, 2.05) is 19.9 Å². The van der Waals surface area contributed by atoms with E-state index >= 15 is 0 Å². The number of carbonyl (C=O) groups is 1. The Bertz CT molecular complexity index is 456. The van der Waals surface area contributed by atoms with Gasteiger partial charge in [-0.1, -0.05) is 13.3 Å². The number of aryl methyl sites for hydroxylation is 2. The quantitative estimate of drug-likeness (QED) is 0.863. The van der Waals surface area contributed by atoms with E-state index in [1.54, 1.807) is 4.68 Å². The number of aliphatic hydroxyl groups is 1. The van der Waals surface area contributed by atoms with Gasteiger partial charge in [0.15, 0.2) is 0 Å². The van der Waals surface area contributed by atoms with Crippen LogP contribution < -0.4 is 5.32 Å². The Labute approximate surface area is 120 Å². The molecule has 2 atom stereocenters. The highest BCUT2D eigenvalue weighted by Gasteiger charge is 2.21.